The molecule has 5 rings (SSSR count). The molecule has 0 radical (unpaired) electrons. The minimum absolute atomic E-state index is 0.0537. The van der Waals surface area contributed by atoms with Crippen molar-refractivity contribution in [1.82, 2.24) is 4.90 Å². The van der Waals surface area contributed by atoms with Crippen molar-refractivity contribution in [2.45, 2.75) is 72.3 Å². The third-order valence-corrected chi connectivity index (χ3v) is 9.19. The van der Waals surface area contributed by atoms with E-state index in [2.05, 4.69) is 0 Å². The topological polar surface area (TPSA) is 83.9 Å². The number of carboxylic acids is 1. The Hall–Kier alpha value is -2.80. The van der Waals surface area contributed by atoms with Crippen molar-refractivity contribution in [3.63, 3.8) is 0 Å². The van der Waals surface area contributed by atoms with E-state index in [4.69, 9.17) is 39.5 Å². The number of aliphatic carboxylic acids is 1. The predicted octanol–water partition coefficient (Wildman–Crippen LogP) is 8.39. The average Bonchev–Trinajstić information content (AvgIpc) is 2.86. The van der Waals surface area contributed by atoms with Crippen LogP contribution in [-0.2, 0) is 21.0 Å². The van der Waals surface area contributed by atoms with Gasteiger partial charge in [0.15, 0.2) is 17.3 Å². The van der Waals surface area contributed by atoms with E-state index < -0.39 is 11.9 Å². The summed E-state index contributed by atoms with van der Waals surface area (Å²) >= 11 is 19.8. The van der Waals surface area contributed by atoms with Crippen LogP contribution in [0.15, 0.2) is 58.9 Å². The number of carbonyl (C=O) groups is 3. The highest BCUT2D eigenvalue weighted by Crippen LogP contribution is 2.55. The number of ether oxygens (including phenoxy) is 1. The molecule has 0 saturated heterocycles. The van der Waals surface area contributed by atoms with Gasteiger partial charge < -0.3 is 14.7 Å². The lowest BCUT2D eigenvalue weighted by molar-refractivity contribution is -0.137. The largest absolute Gasteiger partial charge is 0.486 e. The highest BCUT2D eigenvalue weighted by molar-refractivity contribution is 6.37. The van der Waals surface area contributed by atoms with Gasteiger partial charge in [0.25, 0.3) is 0 Å². The summed E-state index contributed by atoms with van der Waals surface area (Å²) in [4.78, 5) is 41.4. The molecule has 1 aliphatic heterocycles. The average molecular weight is 631 g/mol. The first-order valence-electron chi connectivity index (χ1n) is 14.0. The third kappa shape index (κ3) is 5.99. The highest BCUT2D eigenvalue weighted by atomic mass is 35.5. The summed E-state index contributed by atoms with van der Waals surface area (Å²) in [6, 6.07) is 10.8. The molecule has 0 unspecified atom stereocenters. The van der Waals surface area contributed by atoms with Crippen LogP contribution >= 0.6 is 34.8 Å². The molecule has 3 aliphatic rings. The van der Waals surface area contributed by atoms with E-state index in [0.29, 0.717) is 47.4 Å². The number of carboxylic acid groups (broad SMARTS) is 1. The van der Waals surface area contributed by atoms with Gasteiger partial charge in [0.2, 0.25) is 0 Å². The van der Waals surface area contributed by atoms with Crippen LogP contribution in [0.3, 0.4) is 0 Å². The third-order valence-electron chi connectivity index (χ3n) is 8.25. The predicted molar refractivity (Wildman–Crippen MR) is 164 cm³/mol. The molecule has 0 atom stereocenters. The zero-order chi connectivity index (χ0) is 30.6. The maximum absolute atomic E-state index is 13.9. The number of rotatable bonds is 7. The van der Waals surface area contributed by atoms with Gasteiger partial charge in [-0.1, -0.05) is 80.7 Å². The Kier molecular flexibility index (Phi) is 8.29. The Bertz CT molecular complexity index is 1480. The second-order valence-electron chi connectivity index (χ2n) is 13.0. The van der Waals surface area contributed by atoms with Gasteiger partial charge in [0, 0.05) is 58.4 Å². The lowest BCUT2D eigenvalue weighted by atomic mass is 9.63. The molecule has 42 heavy (non-hydrogen) atoms. The molecule has 0 saturated carbocycles. The summed E-state index contributed by atoms with van der Waals surface area (Å²) in [5, 5.41) is 10.6. The van der Waals surface area contributed by atoms with Crippen molar-refractivity contribution >= 4 is 52.3 Å². The Balaban J connectivity index is 1.64. The molecular weight excluding hydrogens is 597 g/mol. The zero-order valence-corrected chi connectivity index (χ0v) is 26.4. The first-order chi connectivity index (χ1) is 19.7. The quantitative estimate of drug-likeness (QED) is 0.331. The van der Waals surface area contributed by atoms with Crippen molar-refractivity contribution in [3.8, 4) is 5.75 Å². The van der Waals surface area contributed by atoms with Crippen molar-refractivity contribution in [3.05, 3.63) is 85.1 Å². The molecule has 9 heteroatoms. The Labute approximate surface area is 261 Å². The molecule has 1 N–H and O–H groups in total. The minimum Gasteiger partial charge on any atom is -0.486 e. The summed E-state index contributed by atoms with van der Waals surface area (Å²) in [6.45, 7) is 8.50. The van der Waals surface area contributed by atoms with E-state index >= 15 is 0 Å². The van der Waals surface area contributed by atoms with Crippen LogP contribution in [0.4, 0.5) is 0 Å². The molecule has 0 amide bonds. The van der Waals surface area contributed by atoms with Gasteiger partial charge in [-0.05, 0) is 47.4 Å². The van der Waals surface area contributed by atoms with E-state index in [9.17, 15) is 19.5 Å². The second-order valence-corrected chi connectivity index (χ2v) is 14.2. The summed E-state index contributed by atoms with van der Waals surface area (Å²) in [5.41, 5.74) is 3.41. The summed E-state index contributed by atoms with van der Waals surface area (Å²) in [7, 11) is 0. The van der Waals surface area contributed by atoms with E-state index in [1.54, 1.807) is 18.2 Å². The van der Waals surface area contributed by atoms with Crippen LogP contribution in [0.25, 0.3) is 0 Å². The van der Waals surface area contributed by atoms with Gasteiger partial charge in [-0.25, -0.2) is 0 Å². The van der Waals surface area contributed by atoms with Gasteiger partial charge >= 0.3 is 5.97 Å². The smallest absolute Gasteiger partial charge is 0.305 e. The molecule has 2 aliphatic carbocycles. The number of allylic oxidation sites excluding steroid dienone is 4. The van der Waals surface area contributed by atoms with Crippen molar-refractivity contribution in [1.29, 1.82) is 0 Å². The number of Topliss-reactive ketones (excluding diaryl/α,β-unsaturated/α-hetero) is 2. The summed E-state index contributed by atoms with van der Waals surface area (Å²) in [6.07, 6.45) is 1.68. The molecule has 222 valence electrons. The fourth-order valence-corrected chi connectivity index (χ4v) is 7.31. The molecular formula is C33H34Cl3NO5. The van der Waals surface area contributed by atoms with Gasteiger partial charge in [0.05, 0.1) is 16.5 Å². The Morgan fingerprint density at radius 1 is 0.881 bits per heavy atom. The first kappa shape index (κ1) is 30.7. The van der Waals surface area contributed by atoms with Crippen molar-refractivity contribution < 1.29 is 24.2 Å². The molecule has 2 aromatic carbocycles. The van der Waals surface area contributed by atoms with Crippen molar-refractivity contribution in [2.24, 2.45) is 10.8 Å². The fraction of sp³-hybridized carbons (Fsp3) is 0.424. The van der Waals surface area contributed by atoms with Crippen LogP contribution in [-0.4, -0.2) is 34.1 Å². The van der Waals surface area contributed by atoms with Crippen LogP contribution in [0, 0.1) is 10.8 Å². The van der Waals surface area contributed by atoms with Gasteiger partial charge in [-0.15, -0.1) is 0 Å². The summed E-state index contributed by atoms with van der Waals surface area (Å²) < 4.78 is 5.99. The lowest BCUT2D eigenvalue weighted by Crippen LogP contribution is -2.45. The number of hydrogen-bond acceptors (Lipinski definition) is 5. The van der Waals surface area contributed by atoms with Crippen LogP contribution in [0.1, 0.15) is 76.8 Å². The molecule has 6 nitrogen and oxygen atoms in total. The number of benzene rings is 2. The highest BCUT2D eigenvalue weighted by Gasteiger charge is 2.49. The van der Waals surface area contributed by atoms with Crippen LogP contribution in [0.2, 0.25) is 15.1 Å². The maximum Gasteiger partial charge on any atom is 0.305 e. The molecule has 0 aromatic heterocycles. The zero-order valence-electron chi connectivity index (χ0n) is 24.2. The molecule has 0 spiro atoms. The van der Waals surface area contributed by atoms with Crippen molar-refractivity contribution in [2.75, 3.05) is 6.54 Å². The number of carbonyl (C=O) groups excluding carboxylic acids is 2. The van der Waals surface area contributed by atoms with Crippen LogP contribution in [0.5, 0.6) is 5.75 Å². The molecule has 0 fully saturated rings. The van der Waals surface area contributed by atoms with E-state index in [1.165, 1.54) is 0 Å². The number of nitrogens with zero attached hydrogens (tertiary/aromatic N) is 1. The van der Waals surface area contributed by atoms with Gasteiger partial charge in [-0.3, -0.25) is 14.4 Å². The maximum atomic E-state index is 13.9. The van der Waals surface area contributed by atoms with E-state index in [-0.39, 0.29) is 57.8 Å². The molecule has 2 aromatic rings. The SMILES string of the molecule is CC1(C)CC(=O)C2=C(C1)N(CCC(=O)O)C1=C(C(=O)CC(C)(C)C1)C2c1cc(Cl)c(OCc2ccccc2Cl)c(Cl)c1. The molecule has 0 bridgehead atoms. The second kappa shape index (κ2) is 11.4. The number of hydrogen-bond donors (Lipinski definition) is 1. The number of ketones is 2. The standard InChI is InChI=1S/C33H34Cl3NO5/c1-32(2)13-23-29(25(38)15-32)28(30-24(37(23)10-9-27(40)41)14-33(3,4)16-26(30)39)19-11-21(35)31(22(36)12-19)42-17-18-7-5-6-8-20(18)34/h5-8,11-12,28H,9-10,13-17H2,1-4H3,(H,40,41). The van der Waals surface area contributed by atoms with Gasteiger partial charge in [0.1, 0.15) is 6.61 Å². The normalized spacial score (nSPS) is 20.0. The van der Waals surface area contributed by atoms with E-state index in [1.807, 2.05) is 50.8 Å². The first-order valence-corrected chi connectivity index (χ1v) is 15.2. The monoisotopic (exact) mass is 629 g/mol. The van der Waals surface area contributed by atoms with Crippen LogP contribution < -0.4 is 4.74 Å². The van der Waals surface area contributed by atoms with Gasteiger partial charge in [-0.2, -0.15) is 0 Å². The lowest BCUT2D eigenvalue weighted by Gasteiger charge is -2.49. The Morgan fingerprint density at radius 3 is 1.90 bits per heavy atom. The summed E-state index contributed by atoms with van der Waals surface area (Å²) in [5.74, 6) is -1.41. The van der Waals surface area contributed by atoms with E-state index in [0.717, 1.165) is 17.0 Å². The number of halogens is 3. The molecule has 1 heterocycles. The fourth-order valence-electron chi connectivity index (χ4n) is 6.51. The Morgan fingerprint density at radius 2 is 1.40 bits per heavy atom. The minimum atomic E-state index is -0.935.